The molecule has 0 unspecified atom stereocenters. The van der Waals surface area contributed by atoms with Crippen LogP contribution in [0.1, 0.15) is 40.2 Å². The number of rotatable bonds is 5. The summed E-state index contributed by atoms with van der Waals surface area (Å²) >= 11 is 0. The third kappa shape index (κ3) is 3.45. The van der Waals surface area contributed by atoms with Crippen LogP contribution in [0, 0.1) is 5.92 Å². The van der Waals surface area contributed by atoms with Crippen molar-refractivity contribution >= 4 is 8.32 Å². The van der Waals surface area contributed by atoms with Gasteiger partial charge in [0, 0.05) is 6.54 Å². The van der Waals surface area contributed by atoms with Crippen molar-refractivity contribution in [3.63, 3.8) is 0 Å². The fraction of sp³-hybridized carbons (Fsp3) is 0.333. The largest absolute Gasteiger partial charge is 0.400 e. The Balaban J connectivity index is 1.82. The highest BCUT2D eigenvalue weighted by Gasteiger charge is 2.46. The Kier molecular flexibility index (Phi) is 4.93. The van der Waals surface area contributed by atoms with Crippen LogP contribution in [0.15, 0.2) is 78.9 Å². The minimum absolute atomic E-state index is 0.602. The normalized spacial score (nSPS) is 20.8. The molecule has 5 rings (SSSR count). The average Bonchev–Trinajstić information content (AvgIpc) is 3.53. The molecular formula is C27H31NOSi. The minimum Gasteiger partial charge on any atom is -0.400 e. The Hall–Kier alpha value is -2.20. The first-order chi connectivity index (χ1) is 14.5. The molecule has 1 fully saturated rings. The molecule has 0 bridgehead atoms. The molecular weight excluding hydrogens is 382 g/mol. The van der Waals surface area contributed by atoms with Crippen LogP contribution in [0.4, 0.5) is 0 Å². The highest BCUT2D eigenvalue weighted by molar-refractivity contribution is 6.69. The van der Waals surface area contributed by atoms with Gasteiger partial charge in [0.1, 0.15) is 5.60 Å². The summed E-state index contributed by atoms with van der Waals surface area (Å²) in [4.78, 5) is 0. The van der Waals surface area contributed by atoms with Gasteiger partial charge >= 0.3 is 0 Å². The molecule has 3 aromatic rings. The average molecular weight is 414 g/mol. The molecule has 1 saturated carbocycles. The van der Waals surface area contributed by atoms with E-state index in [4.69, 9.17) is 4.43 Å². The van der Waals surface area contributed by atoms with Crippen molar-refractivity contribution in [2.75, 3.05) is 6.54 Å². The third-order valence-corrected chi connectivity index (χ3v) is 7.36. The third-order valence-electron chi connectivity index (χ3n) is 6.44. The van der Waals surface area contributed by atoms with Crippen molar-refractivity contribution < 1.29 is 4.43 Å². The van der Waals surface area contributed by atoms with E-state index in [1.165, 1.54) is 34.2 Å². The summed E-state index contributed by atoms with van der Waals surface area (Å²) in [5.41, 5.74) is 6.09. The highest BCUT2D eigenvalue weighted by Crippen LogP contribution is 2.52. The summed E-state index contributed by atoms with van der Waals surface area (Å²) in [7, 11) is -1.93. The zero-order valence-corrected chi connectivity index (χ0v) is 19.2. The smallest absolute Gasteiger partial charge is 0.185 e. The van der Waals surface area contributed by atoms with E-state index in [0.717, 1.165) is 19.0 Å². The van der Waals surface area contributed by atoms with Crippen LogP contribution in [-0.2, 0) is 16.6 Å². The summed E-state index contributed by atoms with van der Waals surface area (Å²) in [6.45, 7) is 8.92. The topological polar surface area (TPSA) is 21.3 Å². The van der Waals surface area contributed by atoms with Gasteiger partial charge in [0.25, 0.3) is 0 Å². The van der Waals surface area contributed by atoms with Crippen LogP contribution in [0.2, 0.25) is 19.6 Å². The maximum atomic E-state index is 7.25. The lowest BCUT2D eigenvalue weighted by Crippen LogP contribution is -2.43. The van der Waals surface area contributed by atoms with E-state index < -0.39 is 13.9 Å². The summed E-state index contributed by atoms with van der Waals surface area (Å²) in [5, 5.41) is 3.73. The van der Waals surface area contributed by atoms with Crippen LogP contribution < -0.4 is 5.32 Å². The van der Waals surface area contributed by atoms with E-state index in [2.05, 4.69) is 104 Å². The van der Waals surface area contributed by atoms with Crippen molar-refractivity contribution in [1.82, 2.24) is 5.32 Å². The van der Waals surface area contributed by atoms with Crippen LogP contribution in [0.5, 0.6) is 0 Å². The van der Waals surface area contributed by atoms with E-state index in [1.54, 1.807) is 0 Å². The lowest BCUT2D eigenvalue weighted by Gasteiger charge is -2.42. The Morgan fingerprint density at radius 3 is 2.07 bits per heavy atom. The monoisotopic (exact) mass is 413 g/mol. The Bertz CT molecular complexity index is 986. The van der Waals surface area contributed by atoms with Crippen LogP contribution >= 0.6 is 0 Å². The molecule has 30 heavy (non-hydrogen) atoms. The van der Waals surface area contributed by atoms with E-state index in [9.17, 15) is 0 Å². The van der Waals surface area contributed by atoms with Gasteiger partial charge < -0.3 is 9.74 Å². The Labute approximate surface area is 181 Å². The molecule has 2 aliphatic rings. The number of fused-ring (bicyclic) bond motifs is 3. The van der Waals surface area contributed by atoms with Gasteiger partial charge in [0.05, 0.1) is 0 Å². The predicted molar refractivity (Wildman–Crippen MR) is 126 cm³/mol. The van der Waals surface area contributed by atoms with E-state index in [1.807, 2.05) is 0 Å². The molecule has 1 N–H and O–H groups in total. The maximum absolute atomic E-state index is 7.25. The van der Waals surface area contributed by atoms with Gasteiger partial charge in [-0.1, -0.05) is 78.9 Å². The van der Waals surface area contributed by atoms with Gasteiger partial charge in [0.2, 0.25) is 0 Å². The second-order valence-electron chi connectivity index (χ2n) is 9.73. The van der Waals surface area contributed by atoms with Gasteiger partial charge in [-0.25, -0.2) is 0 Å². The zero-order chi connectivity index (χ0) is 20.8. The lowest BCUT2D eigenvalue weighted by atomic mass is 9.77. The molecule has 0 aromatic heterocycles. The molecule has 2 atom stereocenters. The number of hydrogen-bond acceptors (Lipinski definition) is 2. The molecule has 0 radical (unpaired) electrons. The Morgan fingerprint density at radius 2 is 1.47 bits per heavy atom. The molecule has 1 aliphatic carbocycles. The zero-order valence-electron chi connectivity index (χ0n) is 18.2. The lowest BCUT2D eigenvalue weighted by molar-refractivity contribution is 0.145. The van der Waals surface area contributed by atoms with Gasteiger partial charge in [-0.05, 0) is 72.3 Å². The molecule has 1 heterocycles. The van der Waals surface area contributed by atoms with Gasteiger partial charge in [-0.3, -0.25) is 0 Å². The van der Waals surface area contributed by atoms with Crippen LogP contribution in [0.3, 0.4) is 0 Å². The van der Waals surface area contributed by atoms with Crippen molar-refractivity contribution in [2.45, 2.75) is 44.1 Å². The first-order valence-corrected chi connectivity index (χ1v) is 14.5. The maximum Gasteiger partial charge on any atom is 0.185 e. The summed E-state index contributed by atoms with van der Waals surface area (Å²) in [6, 6.07) is 28.6. The standard InChI is InChI=1S/C27H31NOSi/c1-30(2,3)29-27(21-11-6-4-7-12-21,22-13-8-5-9-14-22)26-16-10-15-23-24-17-20(24)18-28-19-25(23)26/h4-16,20,24,28H,17-19H2,1-3H3/t20-,24-/m0/s1. The highest BCUT2D eigenvalue weighted by atomic mass is 28.4. The van der Waals surface area contributed by atoms with Gasteiger partial charge in [-0.15, -0.1) is 0 Å². The number of benzene rings is 3. The second kappa shape index (κ2) is 7.49. The molecule has 2 nitrogen and oxygen atoms in total. The fourth-order valence-electron chi connectivity index (χ4n) is 5.17. The molecule has 0 spiro atoms. The minimum atomic E-state index is -1.93. The van der Waals surface area contributed by atoms with E-state index in [-0.39, 0.29) is 0 Å². The molecule has 3 aromatic carbocycles. The fourth-order valence-corrected chi connectivity index (χ4v) is 6.44. The molecule has 0 saturated heterocycles. The van der Waals surface area contributed by atoms with Crippen LogP contribution in [0.25, 0.3) is 0 Å². The van der Waals surface area contributed by atoms with E-state index in [0.29, 0.717) is 5.92 Å². The van der Waals surface area contributed by atoms with Crippen LogP contribution in [-0.4, -0.2) is 14.9 Å². The summed E-state index contributed by atoms with van der Waals surface area (Å²) < 4.78 is 7.25. The molecule has 1 aliphatic heterocycles. The first kappa shape index (κ1) is 19.7. The SMILES string of the molecule is C[Si](C)(C)OC(c1ccccc1)(c1ccccc1)c1cccc2c1CNC[C@@H]1C[C@H]21. The number of hydrogen-bond donors (Lipinski definition) is 1. The first-order valence-electron chi connectivity index (χ1n) is 11.1. The van der Waals surface area contributed by atoms with Crippen molar-refractivity contribution in [1.29, 1.82) is 0 Å². The molecule has 154 valence electrons. The molecule has 0 amide bonds. The Morgan fingerprint density at radius 1 is 0.833 bits per heavy atom. The number of nitrogens with one attached hydrogen (secondary N) is 1. The van der Waals surface area contributed by atoms with E-state index >= 15 is 0 Å². The summed E-state index contributed by atoms with van der Waals surface area (Å²) in [5.74, 6) is 1.49. The van der Waals surface area contributed by atoms with Crippen molar-refractivity contribution in [3.8, 4) is 0 Å². The summed E-state index contributed by atoms with van der Waals surface area (Å²) in [6.07, 6.45) is 1.31. The van der Waals surface area contributed by atoms with Gasteiger partial charge in [-0.2, -0.15) is 0 Å². The predicted octanol–water partition coefficient (Wildman–Crippen LogP) is 6.04. The van der Waals surface area contributed by atoms with Gasteiger partial charge in [0.15, 0.2) is 8.32 Å². The van der Waals surface area contributed by atoms with Crippen molar-refractivity contribution in [2.24, 2.45) is 5.92 Å². The second-order valence-corrected chi connectivity index (χ2v) is 14.2. The molecule has 3 heteroatoms. The quantitative estimate of drug-likeness (QED) is 0.407. The van der Waals surface area contributed by atoms with Crippen molar-refractivity contribution in [3.05, 3.63) is 107 Å².